The number of rotatable bonds is 13. The van der Waals surface area contributed by atoms with Crippen LogP contribution in [0.25, 0.3) is 0 Å². The van der Waals surface area contributed by atoms with Gasteiger partial charge in [0.2, 0.25) is 5.91 Å². The van der Waals surface area contributed by atoms with Crippen LogP contribution >= 0.6 is 0 Å². The highest BCUT2D eigenvalue weighted by molar-refractivity contribution is 5.81. The third-order valence-electron chi connectivity index (χ3n) is 3.58. The lowest BCUT2D eigenvalue weighted by Crippen LogP contribution is -2.23. The van der Waals surface area contributed by atoms with Crippen LogP contribution in [-0.2, 0) is 25.6 Å². The number of ether oxygens (including phenoxy) is 4. The fourth-order valence-corrected chi connectivity index (χ4v) is 2.08. The molecule has 0 saturated carbocycles. The minimum Gasteiger partial charge on any atom is -0.493 e. The van der Waals surface area contributed by atoms with Gasteiger partial charge in [-0.3, -0.25) is 9.59 Å². The smallest absolute Gasteiger partial charge is 0.306 e. The van der Waals surface area contributed by atoms with Crippen molar-refractivity contribution in [1.29, 1.82) is 0 Å². The molecule has 1 rings (SSSR count). The number of hydrogen-bond donors (Lipinski definition) is 1. The first-order valence-electron chi connectivity index (χ1n) is 8.81. The first kappa shape index (κ1) is 21.8. The molecule has 0 fully saturated rings. The summed E-state index contributed by atoms with van der Waals surface area (Å²) < 4.78 is 20.7. The lowest BCUT2D eigenvalue weighted by molar-refractivity contribution is -0.146. The predicted octanol–water partition coefficient (Wildman–Crippen LogP) is 2.46. The van der Waals surface area contributed by atoms with Gasteiger partial charge in [-0.25, -0.2) is 0 Å². The molecule has 0 spiro atoms. The molecular formula is C19H29NO6. The third kappa shape index (κ3) is 8.71. The zero-order valence-electron chi connectivity index (χ0n) is 15.8. The second-order valence-corrected chi connectivity index (χ2v) is 5.68. The summed E-state index contributed by atoms with van der Waals surface area (Å²) in [6, 6.07) is 5.55. The molecule has 0 radical (unpaired) electrons. The topological polar surface area (TPSA) is 83.1 Å². The zero-order valence-corrected chi connectivity index (χ0v) is 15.8. The normalized spacial score (nSPS) is 10.3. The standard InChI is InChI=1S/C19H29NO6/c1-4-5-10-25-16-7-6-15(13-17(16)24-3)14-20-18(21)8-9-19(22)26-12-11-23-2/h6-7,13H,4-5,8-12,14H2,1-3H3,(H,20,21). The van der Waals surface area contributed by atoms with E-state index in [9.17, 15) is 9.59 Å². The maximum atomic E-state index is 11.8. The number of esters is 1. The first-order chi connectivity index (χ1) is 12.6. The van der Waals surface area contributed by atoms with E-state index in [1.165, 1.54) is 7.11 Å². The molecule has 1 amide bonds. The Hall–Kier alpha value is -2.28. The van der Waals surface area contributed by atoms with Crippen LogP contribution in [0.2, 0.25) is 0 Å². The molecule has 26 heavy (non-hydrogen) atoms. The number of carbonyl (C=O) groups is 2. The van der Waals surface area contributed by atoms with Crippen molar-refractivity contribution in [2.45, 2.75) is 39.2 Å². The van der Waals surface area contributed by atoms with Gasteiger partial charge in [0, 0.05) is 20.1 Å². The molecule has 0 atom stereocenters. The molecule has 0 aliphatic heterocycles. The number of carbonyl (C=O) groups excluding carboxylic acids is 2. The molecule has 0 unspecified atom stereocenters. The second-order valence-electron chi connectivity index (χ2n) is 5.68. The highest BCUT2D eigenvalue weighted by Crippen LogP contribution is 2.28. The lowest BCUT2D eigenvalue weighted by Gasteiger charge is -2.12. The molecule has 0 heterocycles. The fraction of sp³-hybridized carbons (Fsp3) is 0.579. The maximum Gasteiger partial charge on any atom is 0.306 e. The Morgan fingerprint density at radius 3 is 2.54 bits per heavy atom. The van der Waals surface area contributed by atoms with Crippen molar-refractivity contribution in [3.63, 3.8) is 0 Å². The van der Waals surface area contributed by atoms with Crippen molar-refractivity contribution >= 4 is 11.9 Å². The van der Waals surface area contributed by atoms with Crippen LogP contribution in [0.4, 0.5) is 0 Å². The Morgan fingerprint density at radius 2 is 1.85 bits per heavy atom. The Kier molecular flexibility index (Phi) is 10.9. The van der Waals surface area contributed by atoms with E-state index in [2.05, 4.69) is 12.2 Å². The van der Waals surface area contributed by atoms with E-state index < -0.39 is 5.97 Å². The SMILES string of the molecule is CCCCOc1ccc(CNC(=O)CCC(=O)OCCOC)cc1OC. The summed E-state index contributed by atoms with van der Waals surface area (Å²) in [7, 11) is 3.11. The van der Waals surface area contributed by atoms with Crippen LogP contribution in [0.3, 0.4) is 0 Å². The van der Waals surface area contributed by atoms with Gasteiger partial charge in [0.25, 0.3) is 0 Å². The largest absolute Gasteiger partial charge is 0.493 e. The van der Waals surface area contributed by atoms with Crippen molar-refractivity contribution < 1.29 is 28.5 Å². The molecule has 1 aromatic carbocycles. The third-order valence-corrected chi connectivity index (χ3v) is 3.58. The van der Waals surface area contributed by atoms with Crippen LogP contribution in [0.15, 0.2) is 18.2 Å². The molecule has 0 aliphatic rings. The summed E-state index contributed by atoms with van der Waals surface area (Å²) in [5, 5.41) is 2.78. The Bertz CT molecular complexity index is 561. The highest BCUT2D eigenvalue weighted by Gasteiger charge is 2.09. The van der Waals surface area contributed by atoms with Gasteiger partial charge in [-0.2, -0.15) is 0 Å². The van der Waals surface area contributed by atoms with E-state index in [4.69, 9.17) is 18.9 Å². The van der Waals surface area contributed by atoms with Gasteiger partial charge < -0.3 is 24.3 Å². The number of hydrogen-bond acceptors (Lipinski definition) is 6. The molecule has 7 nitrogen and oxygen atoms in total. The summed E-state index contributed by atoms with van der Waals surface area (Å²) >= 11 is 0. The van der Waals surface area contributed by atoms with Gasteiger partial charge in [0.05, 0.1) is 26.7 Å². The van der Waals surface area contributed by atoms with Gasteiger partial charge >= 0.3 is 5.97 Å². The Labute approximate surface area is 155 Å². The molecule has 1 N–H and O–H groups in total. The predicted molar refractivity (Wildman–Crippen MR) is 97.3 cm³/mol. The van der Waals surface area contributed by atoms with Crippen molar-refractivity contribution in [3.8, 4) is 11.5 Å². The average Bonchev–Trinajstić information content (AvgIpc) is 2.65. The van der Waals surface area contributed by atoms with Gasteiger partial charge in [-0.05, 0) is 24.1 Å². The van der Waals surface area contributed by atoms with Crippen LogP contribution in [0.5, 0.6) is 11.5 Å². The molecule has 146 valence electrons. The van der Waals surface area contributed by atoms with E-state index in [1.807, 2.05) is 18.2 Å². The number of unbranched alkanes of at least 4 members (excludes halogenated alkanes) is 1. The minimum absolute atomic E-state index is 0.0447. The van der Waals surface area contributed by atoms with Crippen LogP contribution in [0.1, 0.15) is 38.2 Å². The average molecular weight is 367 g/mol. The van der Waals surface area contributed by atoms with Crippen molar-refractivity contribution in [1.82, 2.24) is 5.32 Å². The van der Waals surface area contributed by atoms with Gasteiger partial charge in [-0.1, -0.05) is 19.4 Å². The lowest BCUT2D eigenvalue weighted by atomic mass is 10.2. The van der Waals surface area contributed by atoms with Crippen LogP contribution in [0, 0.1) is 0 Å². The Morgan fingerprint density at radius 1 is 1.04 bits per heavy atom. The molecule has 0 aliphatic carbocycles. The number of nitrogens with one attached hydrogen (secondary N) is 1. The number of benzene rings is 1. The van der Waals surface area contributed by atoms with Gasteiger partial charge in [-0.15, -0.1) is 0 Å². The van der Waals surface area contributed by atoms with E-state index in [0.717, 1.165) is 18.4 Å². The summed E-state index contributed by atoms with van der Waals surface area (Å²) in [6.07, 6.45) is 2.17. The van der Waals surface area contributed by atoms with Crippen molar-refractivity contribution in [2.24, 2.45) is 0 Å². The molecule has 0 saturated heterocycles. The van der Waals surface area contributed by atoms with E-state index in [1.54, 1.807) is 7.11 Å². The van der Waals surface area contributed by atoms with Crippen molar-refractivity contribution in [2.75, 3.05) is 34.0 Å². The monoisotopic (exact) mass is 367 g/mol. The summed E-state index contributed by atoms with van der Waals surface area (Å²) in [6.45, 7) is 3.64. The maximum absolute atomic E-state index is 11.8. The van der Waals surface area contributed by atoms with Crippen molar-refractivity contribution in [3.05, 3.63) is 23.8 Å². The number of methoxy groups -OCH3 is 2. The van der Waals surface area contributed by atoms with Crippen LogP contribution in [-0.4, -0.2) is 45.9 Å². The molecular weight excluding hydrogens is 338 g/mol. The summed E-state index contributed by atoms with van der Waals surface area (Å²) in [5.41, 5.74) is 0.890. The van der Waals surface area contributed by atoms with E-state index in [-0.39, 0.29) is 25.4 Å². The zero-order chi connectivity index (χ0) is 19.2. The second kappa shape index (κ2) is 13.0. The molecule has 7 heteroatoms. The molecule has 0 bridgehead atoms. The minimum atomic E-state index is -0.410. The quantitative estimate of drug-likeness (QED) is 0.426. The first-order valence-corrected chi connectivity index (χ1v) is 8.81. The summed E-state index contributed by atoms with van der Waals surface area (Å²) in [5.74, 6) is 0.702. The molecule has 0 aromatic heterocycles. The molecule has 1 aromatic rings. The Balaban J connectivity index is 2.39. The summed E-state index contributed by atoms with van der Waals surface area (Å²) in [4.78, 5) is 23.3. The van der Waals surface area contributed by atoms with Crippen LogP contribution < -0.4 is 14.8 Å². The van der Waals surface area contributed by atoms with Gasteiger partial charge in [0.15, 0.2) is 11.5 Å². The fourth-order valence-electron chi connectivity index (χ4n) is 2.08. The van der Waals surface area contributed by atoms with E-state index in [0.29, 0.717) is 31.3 Å². The highest BCUT2D eigenvalue weighted by atomic mass is 16.6. The van der Waals surface area contributed by atoms with Gasteiger partial charge in [0.1, 0.15) is 6.61 Å². The van der Waals surface area contributed by atoms with E-state index >= 15 is 0 Å². The number of amides is 1.